The third-order valence-electron chi connectivity index (χ3n) is 3.29. The van der Waals surface area contributed by atoms with Crippen molar-refractivity contribution < 1.29 is 9.26 Å². The van der Waals surface area contributed by atoms with Gasteiger partial charge in [-0.25, -0.2) is 0 Å². The van der Waals surface area contributed by atoms with E-state index in [0.29, 0.717) is 17.6 Å². The topological polar surface area (TPSA) is 60.2 Å². The van der Waals surface area contributed by atoms with Crippen LogP contribution in [0.1, 0.15) is 44.9 Å². The summed E-state index contributed by atoms with van der Waals surface area (Å²) in [7, 11) is 1.65. The van der Waals surface area contributed by atoms with Gasteiger partial charge < -0.3 is 14.6 Å². The quantitative estimate of drug-likeness (QED) is 0.847. The lowest BCUT2D eigenvalue weighted by atomic mass is 10.0. The highest BCUT2D eigenvalue weighted by Gasteiger charge is 2.32. The predicted octanol–water partition coefficient (Wildman–Crippen LogP) is 1.62. The first-order chi connectivity index (χ1) is 7.54. The maximum absolute atomic E-state index is 5.32. The Labute approximate surface area is 95.6 Å². The largest absolute Gasteiger partial charge is 0.371 e. The summed E-state index contributed by atoms with van der Waals surface area (Å²) in [6, 6.07) is 0.189. The van der Waals surface area contributed by atoms with E-state index in [1.165, 1.54) is 0 Å². The Morgan fingerprint density at radius 2 is 2.25 bits per heavy atom. The van der Waals surface area contributed by atoms with Gasteiger partial charge in [0.1, 0.15) is 5.60 Å². The van der Waals surface area contributed by atoms with Gasteiger partial charge in [-0.1, -0.05) is 12.1 Å². The van der Waals surface area contributed by atoms with E-state index >= 15 is 0 Å². The van der Waals surface area contributed by atoms with Crippen molar-refractivity contribution in [2.24, 2.45) is 5.92 Å². The number of methoxy groups -OCH3 is 1. The molecule has 1 aliphatic heterocycles. The van der Waals surface area contributed by atoms with E-state index in [4.69, 9.17) is 9.26 Å². The lowest BCUT2D eigenvalue weighted by Crippen LogP contribution is -2.22. The van der Waals surface area contributed by atoms with Gasteiger partial charge >= 0.3 is 0 Å². The maximum Gasteiger partial charge on any atom is 0.244 e. The molecule has 2 rings (SSSR count). The Morgan fingerprint density at radius 3 is 2.81 bits per heavy atom. The Balaban J connectivity index is 2.19. The van der Waals surface area contributed by atoms with Gasteiger partial charge in [0.15, 0.2) is 0 Å². The molecule has 1 aromatic rings. The molecule has 1 N–H and O–H groups in total. The van der Waals surface area contributed by atoms with Crippen LogP contribution >= 0.6 is 0 Å². The van der Waals surface area contributed by atoms with E-state index in [-0.39, 0.29) is 6.04 Å². The summed E-state index contributed by atoms with van der Waals surface area (Å²) in [5, 5.41) is 7.35. The number of nitrogens with zero attached hydrogens (tertiary/aromatic N) is 2. The van der Waals surface area contributed by atoms with Gasteiger partial charge in [-0.15, -0.1) is 0 Å². The van der Waals surface area contributed by atoms with Crippen LogP contribution < -0.4 is 5.32 Å². The zero-order chi connectivity index (χ0) is 11.8. The number of nitrogens with one attached hydrogen (secondary N) is 1. The number of aromatic nitrogens is 2. The summed E-state index contributed by atoms with van der Waals surface area (Å²) >= 11 is 0. The summed E-state index contributed by atoms with van der Waals surface area (Å²) in [4.78, 5) is 4.42. The van der Waals surface area contributed by atoms with E-state index in [1.54, 1.807) is 7.11 Å². The Hall–Kier alpha value is -0.940. The molecule has 5 nitrogen and oxygen atoms in total. The highest BCUT2D eigenvalue weighted by Crippen LogP contribution is 2.29. The van der Waals surface area contributed by atoms with Gasteiger partial charge in [-0.3, -0.25) is 0 Å². The van der Waals surface area contributed by atoms with Gasteiger partial charge in [0, 0.05) is 7.11 Å². The van der Waals surface area contributed by atoms with E-state index in [9.17, 15) is 0 Å². The fourth-order valence-corrected chi connectivity index (χ4v) is 1.86. The number of rotatable bonds is 3. The molecular weight excluding hydrogens is 206 g/mol. The first-order valence-electron chi connectivity index (χ1n) is 5.67. The van der Waals surface area contributed by atoms with Gasteiger partial charge in [0.2, 0.25) is 11.7 Å². The molecule has 16 heavy (non-hydrogen) atoms. The third-order valence-corrected chi connectivity index (χ3v) is 3.29. The fraction of sp³-hybridized carbons (Fsp3) is 0.818. The average molecular weight is 225 g/mol. The third kappa shape index (κ3) is 1.97. The molecule has 1 aromatic heterocycles. The minimum absolute atomic E-state index is 0.189. The molecular formula is C11H19N3O2. The molecule has 1 saturated heterocycles. The number of hydrogen-bond acceptors (Lipinski definition) is 5. The highest BCUT2D eigenvalue weighted by atomic mass is 16.5. The van der Waals surface area contributed by atoms with Crippen molar-refractivity contribution in [2.75, 3.05) is 13.7 Å². The van der Waals surface area contributed by atoms with Crippen molar-refractivity contribution in [2.45, 2.75) is 38.8 Å². The molecule has 0 spiro atoms. The Kier molecular flexibility index (Phi) is 2.99. The van der Waals surface area contributed by atoms with E-state index in [2.05, 4.69) is 22.4 Å². The number of ether oxygens (including phenoxy) is 1. The summed E-state index contributed by atoms with van der Waals surface area (Å²) in [6.45, 7) is 7.05. The highest BCUT2D eigenvalue weighted by molar-refractivity contribution is 5.02. The molecule has 5 heteroatoms. The van der Waals surface area contributed by atoms with Crippen LogP contribution in [0.2, 0.25) is 0 Å². The lowest BCUT2D eigenvalue weighted by Gasteiger charge is -2.17. The normalized spacial score (nSPS) is 26.2. The first kappa shape index (κ1) is 11.5. The SMILES string of the molecule is COC(C)(C)c1noc(C2NCCC2C)n1. The molecule has 0 aromatic carbocycles. The molecule has 0 bridgehead atoms. The van der Waals surface area contributed by atoms with Gasteiger partial charge in [0.25, 0.3) is 0 Å². The summed E-state index contributed by atoms with van der Waals surface area (Å²) in [5.74, 6) is 1.81. The average Bonchev–Trinajstić information content (AvgIpc) is 2.85. The standard InChI is InChI=1S/C11H19N3O2/c1-7-5-6-12-8(7)9-13-10(14-16-9)11(2,3)15-4/h7-8,12H,5-6H2,1-4H3. The minimum Gasteiger partial charge on any atom is -0.371 e. The maximum atomic E-state index is 5.32. The molecule has 1 aliphatic rings. The van der Waals surface area contributed by atoms with Crippen LogP contribution in [-0.2, 0) is 10.3 Å². The second-order valence-corrected chi connectivity index (χ2v) is 4.87. The zero-order valence-corrected chi connectivity index (χ0v) is 10.3. The van der Waals surface area contributed by atoms with Crippen molar-refractivity contribution in [1.29, 1.82) is 0 Å². The van der Waals surface area contributed by atoms with Crippen LogP contribution in [0.25, 0.3) is 0 Å². The molecule has 0 aliphatic carbocycles. The predicted molar refractivity (Wildman–Crippen MR) is 58.9 cm³/mol. The van der Waals surface area contributed by atoms with Crippen LogP contribution in [0.5, 0.6) is 0 Å². The van der Waals surface area contributed by atoms with E-state index < -0.39 is 5.60 Å². The summed E-state index contributed by atoms with van der Waals surface area (Å²) in [6.07, 6.45) is 1.15. The molecule has 1 fully saturated rings. The van der Waals surface area contributed by atoms with Crippen molar-refractivity contribution in [1.82, 2.24) is 15.5 Å². The van der Waals surface area contributed by atoms with E-state index in [1.807, 2.05) is 13.8 Å². The number of hydrogen-bond donors (Lipinski definition) is 1. The molecule has 2 atom stereocenters. The lowest BCUT2D eigenvalue weighted by molar-refractivity contribution is 0.00973. The second kappa shape index (κ2) is 4.14. The summed E-state index contributed by atoms with van der Waals surface area (Å²) in [5.41, 5.74) is -0.496. The molecule has 0 radical (unpaired) electrons. The summed E-state index contributed by atoms with van der Waals surface area (Å²) < 4.78 is 10.6. The van der Waals surface area contributed by atoms with Crippen LogP contribution in [0.4, 0.5) is 0 Å². The molecule has 0 saturated carbocycles. The minimum atomic E-state index is -0.496. The van der Waals surface area contributed by atoms with Crippen LogP contribution in [0, 0.1) is 5.92 Å². The van der Waals surface area contributed by atoms with Gasteiger partial charge in [-0.2, -0.15) is 4.98 Å². The fourth-order valence-electron chi connectivity index (χ4n) is 1.86. The van der Waals surface area contributed by atoms with Gasteiger partial charge in [0.05, 0.1) is 6.04 Å². The van der Waals surface area contributed by atoms with Crippen LogP contribution in [-0.4, -0.2) is 23.8 Å². The molecule has 90 valence electrons. The van der Waals surface area contributed by atoms with Crippen molar-refractivity contribution in [3.63, 3.8) is 0 Å². The van der Waals surface area contributed by atoms with Crippen molar-refractivity contribution in [3.05, 3.63) is 11.7 Å². The first-order valence-corrected chi connectivity index (χ1v) is 5.67. The Bertz CT molecular complexity index is 362. The van der Waals surface area contributed by atoms with Gasteiger partial charge in [-0.05, 0) is 32.7 Å². The molecule has 2 unspecified atom stereocenters. The molecule has 0 amide bonds. The van der Waals surface area contributed by atoms with E-state index in [0.717, 1.165) is 13.0 Å². The van der Waals surface area contributed by atoms with Crippen LogP contribution in [0.15, 0.2) is 4.52 Å². The van der Waals surface area contributed by atoms with Crippen LogP contribution in [0.3, 0.4) is 0 Å². The zero-order valence-electron chi connectivity index (χ0n) is 10.3. The smallest absolute Gasteiger partial charge is 0.244 e. The monoisotopic (exact) mass is 225 g/mol. The second-order valence-electron chi connectivity index (χ2n) is 4.87. The van der Waals surface area contributed by atoms with Crippen molar-refractivity contribution >= 4 is 0 Å². The molecule has 2 heterocycles. The Morgan fingerprint density at radius 1 is 1.50 bits per heavy atom. The van der Waals surface area contributed by atoms with Crippen molar-refractivity contribution in [3.8, 4) is 0 Å².